The van der Waals surface area contributed by atoms with Crippen LogP contribution in [-0.2, 0) is 11.3 Å². The van der Waals surface area contributed by atoms with Crippen molar-refractivity contribution in [2.75, 3.05) is 32.7 Å². The monoisotopic (exact) mass is 472 g/mol. The van der Waals surface area contributed by atoms with Gasteiger partial charge in [0.1, 0.15) is 11.2 Å². The molecule has 0 spiro atoms. The van der Waals surface area contributed by atoms with Gasteiger partial charge in [0.2, 0.25) is 5.91 Å². The fraction of sp³-hybridized carbons (Fsp3) is 0.760. The average Bonchev–Trinajstić information content (AvgIpc) is 3.41. The van der Waals surface area contributed by atoms with Gasteiger partial charge in [-0.25, -0.2) is 0 Å². The molecule has 1 saturated carbocycles. The molecule has 3 heterocycles. The fourth-order valence-electron chi connectivity index (χ4n) is 5.61. The quantitative estimate of drug-likeness (QED) is 0.565. The first kappa shape index (κ1) is 24.7. The van der Waals surface area contributed by atoms with Crippen molar-refractivity contribution in [2.45, 2.75) is 89.8 Å². The molecule has 0 radical (unpaired) electrons. The van der Waals surface area contributed by atoms with Gasteiger partial charge in [-0.1, -0.05) is 25.7 Å². The molecule has 3 amide bonds. The summed E-state index contributed by atoms with van der Waals surface area (Å²) >= 11 is 0. The summed E-state index contributed by atoms with van der Waals surface area (Å²) in [7, 11) is 0. The summed E-state index contributed by atoms with van der Waals surface area (Å²) in [6.07, 6.45) is 10.2. The summed E-state index contributed by atoms with van der Waals surface area (Å²) in [5.74, 6) is -0.675. The SMILES string of the molecule is CCN1C(=O)c2cc(C(=O)NCCCN3CCCCCC3)nn2C[C@@]1(C)C(=O)NC1CCCC1. The molecule has 3 aliphatic rings. The Labute approximate surface area is 202 Å². The van der Waals surface area contributed by atoms with Crippen molar-refractivity contribution in [3.8, 4) is 0 Å². The number of carbonyl (C=O) groups excluding carboxylic acids is 3. The number of aromatic nitrogens is 2. The van der Waals surface area contributed by atoms with Gasteiger partial charge in [0.05, 0.1) is 6.54 Å². The van der Waals surface area contributed by atoms with Crippen LogP contribution in [-0.4, -0.2) is 81.6 Å². The Morgan fingerprint density at radius 2 is 1.82 bits per heavy atom. The van der Waals surface area contributed by atoms with Crippen LogP contribution >= 0.6 is 0 Å². The van der Waals surface area contributed by atoms with Crippen LogP contribution < -0.4 is 10.6 Å². The Morgan fingerprint density at radius 3 is 2.50 bits per heavy atom. The van der Waals surface area contributed by atoms with Crippen LogP contribution in [0.5, 0.6) is 0 Å². The molecular weight excluding hydrogens is 432 g/mol. The molecule has 9 nitrogen and oxygen atoms in total. The van der Waals surface area contributed by atoms with E-state index in [1.54, 1.807) is 17.9 Å². The van der Waals surface area contributed by atoms with E-state index >= 15 is 0 Å². The Hall–Kier alpha value is -2.42. The highest BCUT2D eigenvalue weighted by Crippen LogP contribution is 2.28. The zero-order valence-electron chi connectivity index (χ0n) is 20.8. The Kier molecular flexibility index (Phi) is 7.91. The van der Waals surface area contributed by atoms with Gasteiger partial charge in [0.25, 0.3) is 11.8 Å². The van der Waals surface area contributed by atoms with Crippen LogP contribution in [0.2, 0.25) is 0 Å². The minimum absolute atomic E-state index is 0.143. The summed E-state index contributed by atoms with van der Waals surface area (Å²) in [4.78, 5) is 43.3. The second kappa shape index (κ2) is 10.9. The first-order valence-corrected chi connectivity index (χ1v) is 13.1. The van der Waals surface area contributed by atoms with E-state index < -0.39 is 5.54 Å². The maximum absolute atomic E-state index is 13.3. The van der Waals surface area contributed by atoms with Gasteiger partial charge < -0.3 is 20.4 Å². The fourth-order valence-corrected chi connectivity index (χ4v) is 5.61. The topological polar surface area (TPSA) is 99.6 Å². The molecule has 0 unspecified atom stereocenters. The third-order valence-electron chi connectivity index (χ3n) is 7.66. The third kappa shape index (κ3) is 5.29. The van der Waals surface area contributed by atoms with Gasteiger partial charge in [0, 0.05) is 25.2 Å². The molecule has 2 aliphatic heterocycles. The lowest BCUT2D eigenvalue weighted by Crippen LogP contribution is -2.64. The molecule has 0 bridgehead atoms. The average molecular weight is 473 g/mol. The van der Waals surface area contributed by atoms with Gasteiger partial charge in [-0.15, -0.1) is 0 Å². The van der Waals surface area contributed by atoms with Gasteiger partial charge in [-0.3, -0.25) is 19.1 Å². The van der Waals surface area contributed by atoms with Crippen molar-refractivity contribution in [3.63, 3.8) is 0 Å². The number of hydrogen-bond acceptors (Lipinski definition) is 5. The van der Waals surface area contributed by atoms with Crippen molar-refractivity contribution >= 4 is 17.7 Å². The number of amides is 3. The number of nitrogens with one attached hydrogen (secondary N) is 2. The molecule has 1 atom stereocenters. The zero-order chi connectivity index (χ0) is 24.1. The summed E-state index contributed by atoms with van der Waals surface area (Å²) in [6.45, 7) is 8.18. The number of hydrogen-bond donors (Lipinski definition) is 2. The summed E-state index contributed by atoms with van der Waals surface area (Å²) in [5.41, 5.74) is -0.439. The lowest BCUT2D eigenvalue weighted by atomic mass is 9.94. The molecule has 34 heavy (non-hydrogen) atoms. The number of fused-ring (bicyclic) bond motifs is 1. The Balaban J connectivity index is 1.37. The van der Waals surface area contributed by atoms with E-state index in [-0.39, 0.29) is 36.0 Å². The van der Waals surface area contributed by atoms with Crippen LogP contribution in [0.25, 0.3) is 0 Å². The van der Waals surface area contributed by atoms with E-state index in [0.717, 1.165) is 51.7 Å². The lowest BCUT2D eigenvalue weighted by molar-refractivity contribution is -0.133. The number of rotatable bonds is 8. The largest absolute Gasteiger partial charge is 0.351 e. The van der Waals surface area contributed by atoms with Crippen molar-refractivity contribution in [1.29, 1.82) is 0 Å². The number of nitrogens with zero attached hydrogens (tertiary/aromatic N) is 4. The molecule has 1 aliphatic carbocycles. The molecular formula is C25H40N6O3. The second-order valence-electron chi connectivity index (χ2n) is 10.2. The van der Waals surface area contributed by atoms with Crippen molar-refractivity contribution < 1.29 is 14.4 Å². The van der Waals surface area contributed by atoms with Crippen LogP contribution in [0.15, 0.2) is 6.07 Å². The minimum atomic E-state index is -1.03. The summed E-state index contributed by atoms with van der Waals surface area (Å²) < 4.78 is 1.54. The van der Waals surface area contributed by atoms with Gasteiger partial charge in [-0.05, 0) is 65.6 Å². The zero-order valence-corrected chi connectivity index (χ0v) is 20.8. The molecule has 1 saturated heterocycles. The van der Waals surface area contributed by atoms with Crippen LogP contribution in [0.3, 0.4) is 0 Å². The van der Waals surface area contributed by atoms with E-state index in [9.17, 15) is 14.4 Å². The lowest BCUT2D eigenvalue weighted by Gasteiger charge is -2.43. The normalized spacial score (nSPS) is 24.1. The van der Waals surface area contributed by atoms with Gasteiger partial charge >= 0.3 is 0 Å². The number of likely N-dealkylation sites (tertiary alicyclic amines) is 1. The molecule has 1 aromatic rings. The Bertz CT molecular complexity index is 885. The van der Waals surface area contributed by atoms with E-state index in [1.807, 2.05) is 6.92 Å². The minimum Gasteiger partial charge on any atom is -0.351 e. The van der Waals surface area contributed by atoms with Crippen molar-refractivity contribution in [3.05, 3.63) is 17.5 Å². The summed E-state index contributed by atoms with van der Waals surface area (Å²) in [6, 6.07) is 1.73. The maximum atomic E-state index is 13.3. The second-order valence-corrected chi connectivity index (χ2v) is 10.2. The highest BCUT2D eigenvalue weighted by Gasteiger charge is 2.48. The highest BCUT2D eigenvalue weighted by molar-refractivity contribution is 6.01. The van der Waals surface area contributed by atoms with Crippen molar-refractivity contribution in [2.24, 2.45) is 0 Å². The molecule has 9 heteroatoms. The van der Waals surface area contributed by atoms with E-state index in [1.165, 1.54) is 30.4 Å². The molecule has 2 fully saturated rings. The van der Waals surface area contributed by atoms with E-state index in [4.69, 9.17) is 0 Å². The maximum Gasteiger partial charge on any atom is 0.273 e. The molecule has 0 aromatic carbocycles. The van der Waals surface area contributed by atoms with Crippen LogP contribution in [0, 0.1) is 0 Å². The smallest absolute Gasteiger partial charge is 0.273 e. The first-order chi connectivity index (χ1) is 16.4. The van der Waals surface area contributed by atoms with Crippen LogP contribution in [0.4, 0.5) is 0 Å². The van der Waals surface area contributed by atoms with Gasteiger partial charge in [-0.2, -0.15) is 5.10 Å². The van der Waals surface area contributed by atoms with Crippen LogP contribution in [0.1, 0.15) is 92.6 Å². The molecule has 1 aromatic heterocycles. The summed E-state index contributed by atoms with van der Waals surface area (Å²) in [5, 5.41) is 10.5. The van der Waals surface area contributed by atoms with Gasteiger partial charge in [0.15, 0.2) is 5.69 Å². The number of likely N-dealkylation sites (N-methyl/N-ethyl adjacent to an activating group) is 1. The number of carbonyl (C=O) groups is 3. The van der Waals surface area contributed by atoms with Crippen molar-refractivity contribution in [1.82, 2.24) is 30.2 Å². The molecule has 4 rings (SSSR count). The Morgan fingerprint density at radius 1 is 1.12 bits per heavy atom. The van der Waals surface area contributed by atoms with E-state index in [0.29, 0.717) is 18.8 Å². The van der Waals surface area contributed by atoms with E-state index in [2.05, 4.69) is 20.6 Å². The highest BCUT2D eigenvalue weighted by atomic mass is 16.2. The predicted molar refractivity (Wildman–Crippen MR) is 130 cm³/mol. The first-order valence-electron chi connectivity index (χ1n) is 13.1. The third-order valence-corrected chi connectivity index (χ3v) is 7.66. The standard InChI is InChI=1S/C25H40N6O3/c1-3-30-23(33)21-17-20(22(32)26-13-10-16-29-14-8-4-5-9-15-29)28-31(21)18-25(30,2)24(34)27-19-11-6-7-12-19/h17,19H,3-16,18H2,1-2H3,(H,26,32)(H,27,34)/t25-/m0/s1. The molecule has 188 valence electrons. The predicted octanol–water partition coefficient (Wildman–Crippen LogP) is 2.17. The molecule has 2 N–H and O–H groups in total.